The predicted molar refractivity (Wildman–Crippen MR) is 172 cm³/mol. The Balaban J connectivity index is 1.32. The molecule has 0 bridgehead atoms. The van der Waals surface area contributed by atoms with Crippen LogP contribution < -0.4 is 14.2 Å². The Bertz CT molecular complexity index is 1690. The van der Waals surface area contributed by atoms with E-state index in [1.54, 1.807) is 42.6 Å². The summed E-state index contributed by atoms with van der Waals surface area (Å²) in [6, 6.07) is 17.5. The smallest absolute Gasteiger partial charge is 0.268 e. The standard InChI is InChI=1S/C36H36ClF2N3O4/c1-24-27(23-46-34-17-33(28(21-43)16-31(34)37)45-22-26-15-25(18-40)19-41-20-26)7-4-8-29(24)30-9-5-10-32(35(30)36(38)39)44-14-6-13-42-11-2-3-12-42/h4-5,7-10,15-17,19-20,36,43H,2-3,6,11-14,21-23H2,1H3. The van der Waals surface area contributed by atoms with E-state index in [0.29, 0.717) is 45.9 Å². The molecule has 4 aromatic rings. The van der Waals surface area contributed by atoms with E-state index in [9.17, 15) is 13.9 Å². The Labute approximate surface area is 272 Å². The summed E-state index contributed by atoms with van der Waals surface area (Å²) in [5.74, 6) is 0.905. The number of rotatable bonds is 14. The van der Waals surface area contributed by atoms with Crippen molar-refractivity contribution in [2.45, 2.75) is 52.4 Å². The van der Waals surface area contributed by atoms with Crippen molar-refractivity contribution in [3.63, 3.8) is 0 Å². The highest BCUT2D eigenvalue weighted by Crippen LogP contribution is 2.40. The highest BCUT2D eigenvalue weighted by atomic mass is 35.5. The lowest BCUT2D eigenvalue weighted by Crippen LogP contribution is -2.22. The lowest BCUT2D eigenvalue weighted by molar-refractivity contribution is 0.145. The van der Waals surface area contributed by atoms with Crippen molar-refractivity contribution in [3.05, 3.63) is 105 Å². The third-order valence-corrected chi connectivity index (χ3v) is 8.38. The quantitative estimate of drug-likeness (QED) is 0.139. The van der Waals surface area contributed by atoms with Gasteiger partial charge in [0.1, 0.15) is 36.5 Å². The molecule has 1 fully saturated rings. The Morgan fingerprint density at radius 2 is 1.70 bits per heavy atom. The van der Waals surface area contributed by atoms with Crippen molar-refractivity contribution in [3.8, 4) is 34.4 Å². The van der Waals surface area contributed by atoms with Gasteiger partial charge in [0.2, 0.25) is 0 Å². The van der Waals surface area contributed by atoms with E-state index in [4.69, 9.17) is 31.1 Å². The van der Waals surface area contributed by atoms with Crippen LogP contribution in [0.2, 0.25) is 5.02 Å². The Morgan fingerprint density at radius 1 is 0.935 bits per heavy atom. The molecule has 0 unspecified atom stereocenters. The molecule has 1 aliphatic heterocycles. The van der Waals surface area contributed by atoms with Crippen LogP contribution in [0.5, 0.6) is 17.2 Å². The average Bonchev–Trinajstić information content (AvgIpc) is 3.59. The van der Waals surface area contributed by atoms with Gasteiger partial charge in [-0.3, -0.25) is 4.98 Å². The summed E-state index contributed by atoms with van der Waals surface area (Å²) < 4.78 is 47.0. The van der Waals surface area contributed by atoms with Gasteiger partial charge < -0.3 is 24.2 Å². The van der Waals surface area contributed by atoms with Crippen LogP contribution in [-0.2, 0) is 19.8 Å². The third-order valence-electron chi connectivity index (χ3n) is 8.08. The van der Waals surface area contributed by atoms with Crippen LogP contribution in [0.15, 0.2) is 67.0 Å². The molecule has 0 radical (unpaired) electrons. The highest BCUT2D eigenvalue weighted by Gasteiger charge is 2.22. The van der Waals surface area contributed by atoms with E-state index in [1.165, 1.54) is 19.0 Å². The van der Waals surface area contributed by atoms with Gasteiger partial charge in [-0.1, -0.05) is 41.9 Å². The molecule has 0 saturated carbocycles. The van der Waals surface area contributed by atoms with E-state index in [0.717, 1.165) is 37.2 Å². The lowest BCUT2D eigenvalue weighted by atomic mass is 9.93. The van der Waals surface area contributed by atoms with Gasteiger partial charge in [-0.05, 0) is 79.7 Å². The number of alkyl halides is 2. The summed E-state index contributed by atoms with van der Waals surface area (Å²) in [5.41, 5.74) is 4.11. The largest absolute Gasteiger partial charge is 0.493 e. The first kappa shape index (κ1) is 33.1. The monoisotopic (exact) mass is 647 g/mol. The highest BCUT2D eigenvalue weighted by molar-refractivity contribution is 6.32. The van der Waals surface area contributed by atoms with Gasteiger partial charge in [-0.25, -0.2) is 8.78 Å². The number of nitriles is 1. The molecule has 7 nitrogen and oxygen atoms in total. The minimum Gasteiger partial charge on any atom is -0.493 e. The molecule has 10 heteroatoms. The van der Waals surface area contributed by atoms with Gasteiger partial charge in [0, 0.05) is 36.1 Å². The number of hydrogen-bond donors (Lipinski definition) is 1. The Hall–Kier alpha value is -4.23. The van der Waals surface area contributed by atoms with Crippen LogP contribution >= 0.6 is 11.6 Å². The molecule has 0 aliphatic carbocycles. The summed E-state index contributed by atoms with van der Waals surface area (Å²) in [6.07, 6.45) is 3.53. The minimum absolute atomic E-state index is 0.113. The van der Waals surface area contributed by atoms with E-state index in [-0.39, 0.29) is 36.2 Å². The van der Waals surface area contributed by atoms with Crippen molar-refractivity contribution in [2.24, 2.45) is 0 Å². The fourth-order valence-corrected chi connectivity index (χ4v) is 5.87. The molecule has 1 aromatic heterocycles. The number of ether oxygens (including phenoxy) is 3. The van der Waals surface area contributed by atoms with E-state index in [1.807, 2.05) is 31.2 Å². The van der Waals surface area contributed by atoms with Gasteiger partial charge >= 0.3 is 0 Å². The Kier molecular flexibility index (Phi) is 11.4. The average molecular weight is 648 g/mol. The fourth-order valence-electron chi connectivity index (χ4n) is 5.63. The molecular weight excluding hydrogens is 612 g/mol. The number of nitrogens with zero attached hydrogens (tertiary/aromatic N) is 3. The molecule has 1 N–H and O–H groups in total. The molecule has 1 aliphatic rings. The first-order valence-corrected chi connectivity index (χ1v) is 15.6. The molecule has 2 heterocycles. The SMILES string of the molecule is Cc1c(COc2cc(OCc3cncc(C#N)c3)c(CO)cc2Cl)cccc1-c1cccc(OCCCN2CCCC2)c1C(F)F. The Morgan fingerprint density at radius 3 is 2.46 bits per heavy atom. The number of aliphatic hydroxyl groups excluding tert-OH is 1. The normalized spacial score (nSPS) is 13.2. The zero-order chi connectivity index (χ0) is 32.5. The maximum atomic E-state index is 14.5. The van der Waals surface area contributed by atoms with E-state index < -0.39 is 6.43 Å². The minimum atomic E-state index is -2.72. The molecule has 46 heavy (non-hydrogen) atoms. The van der Waals surface area contributed by atoms with Crippen molar-refractivity contribution in [1.82, 2.24) is 9.88 Å². The van der Waals surface area contributed by atoms with Crippen molar-refractivity contribution >= 4 is 11.6 Å². The van der Waals surface area contributed by atoms with Crippen LogP contribution in [0.3, 0.4) is 0 Å². The fraction of sp³-hybridized carbons (Fsp3) is 0.333. The number of likely N-dealkylation sites (tertiary alicyclic amines) is 1. The van der Waals surface area contributed by atoms with Gasteiger partial charge in [-0.2, -0.15) is 5.26 Å². The zero-order valence-corrected chi connectivity index (χ0v) is 26.4. The summed E-state index contributed by atoms with van der Waals surface area (Å²) in [5, 5.41) is 19.3. The molecular formula is C36H36ClF2N3O4. The van der Waals surface area contributed by atoms with Gasteiger partial charge in [0.25, 0.3) is 6.43 Å². The maximum absolute atomic E-state index is 14.5. The van der Waals surface area contributed by atoms with Crippen LogP contribution in [-0.4, -0.2) is 41.2 Å². The van der Waals surface area contributed by atoms with Gasteiger partial charge in [0.15, 0.2) is 0 Å². The van der Waals surface area contributed by atoms with Crippen molar-refractivity contribution in [1.29, 1.82) is 5.26 Å². The summed E-state index contributed by atoms with van der Waals surface area (Å²) in [7, 11) is 0. The summed E-state index contributed by atoms with van der Waals surface area (Å²) >= 11 is 6.49. The van der Waals surface area contributed by atoms with E-state index >= 15 is 0 Å². The molecule has 240 valence electrons. The zero-order valence-electron chi connectivity index (χ0n) is 25.6. The number of aliphatic hydroxyl groups is 1. The first-order valence-electron chi connectivity index (χ1n) is 15.3. The second-order valence-corrected chi connectivity index (χ2v) is 11.6. The van der Waals surface area contributed by atoms with Crippen LogP contribution in [0.25, 0.3) is 11.1 Å². The van der Waals surface area contributed by atoms with E-state index in [2.05, 4.69) is 9.88 Å². The maximum Gasteiger partial charge on any atom is 0.268 e. The first-order chi connectivity index (χ1) is 22.4. The summed E-state index contributed by atoms with van der Waals surface area (Å²) in [4.78, 5) is 6.42. The predicted octanol–water partition coefficient (Wildman–Crippen LogP) is 8.03. The topological polar surface area (TPSA) is 87.8 Å². The molecule has 3 aromatic carbocycles. The number of hydrogen-bond acceptors (Lipinski definition) is 7. The second-order valence-electron chi connectivity index (χ2n) is 11.2. The third kappa shape index (κ3) is 8.13. The molecule has 1 saturated heterocycles. The van der Waals surface area contributed by atoms with Crippen LogP contribution in [0.1, 0.15) is 59.1 Å². The molecule has 0 amide bonds. The van der Waals surface area contributed by atoms with Gasteiger partial charge in [-0.15, -0.1) is 0 Å². The number of pyridine rings is 1. The van der Waals surface area contributed by atoms with Crippen LogP contribution in [0.4, 0.5) is 8.78 Å². The van der Waals surface area contributed by atoms with Crippen molar-refractivity contribution < 1.29 is 28.1 Å². The molecule has 0 atom stereocenters. The second kappa shape index (κ2) is 15.9. The number of benzene rings is 3. The van der Waals surface area contributed by atoms with Crippen molar-refractivity contribution in [2.75, 3.05) is 26.2 Å². The summed E-state index contributed by atoms with van der Waals surface area (Å²) in [6.45, 7) is 5.25. The molecule has 5 rings (SSSR count). The number of halogens is 3. The lowest BCUT2D eigenvalue weighted by Gasteiger charge is -2.19. The molecule has 0 spiro atoms. The number of aromatic nitrogens is 1. The van der Waals surface area contributed by atoms with Gasteiger partial charge in [0.05, 0.1) is 29.4 Å². The van der Waals surface area contributed by atoms with Crippen LogP contribution in [0, 0.1) is 18.3 Å².